The van der Waals surface area contributed by atoms with E-state index in [9.17, 15) is 0 Å². The molecule has 0 aliphatic rings. The smallest absolute Gasteiger partial charge is 0.226 e. The summed E-state index contributed by atoms with van der Waals surface area (Å²) in [6, 6.07) is 6.67. The van der Waals surface area contributed by atoms with Crippen LogP contribution in [0.4, 0.5) is 5.69 Å². The first-order valence-corrected chi connectivity index (χ1v) is 9.45. The van der Waals surface area contributed by atoms with Gasteiger partial charge in [-0.15, -0.1) is 0 Å². The quantitative estimate of drug-likeness (QED) is 0.632. The number of hydrogen-bond donors (Lipinski definition) is 1. The van der Waals surface area contributed by atoms with E-state index in [1.54, 1.807) is 0 Å². The fourth-order valence-electron chi connectivity index (χ4n) is 2.84. The Bertz CT molecular complexity index is 604. The number of hydrogen-bond acceptors (Lipinski definition) is 1. The maximum Gasteiger partial charge on any atom is 0.226 e. The minimum Gasteiger partial charge on any atom is -0.349 e. The average Bonchev–Trinajstić information content (AvgIpc) is 2.50. The van der Waals surface area contributed by atoms with Crippen LogP contribution in [0.3, 0.4) is 0 Å². The summed E-state index contributed by atoms with van der Waals surface area (Å²) in [5.41, 5.74) is 3.72. The highest BCUT2D eigenvalue weighted by molar-refractivity contribution is 6.03. The van der Waals surface area contributed by atoms with Crippen molar-refractivity contribution < 1.29 is 0 Å². The summed E-state index contributed by atoms with van der Waals surface area (Å²) < 4.78 is 0. The Labute approximate surface area is 160 Å². The molecule has 0 unspecified atom stereocenters. The summed E-state index contributed by atoms with van der Waals surface area (Å²) in [6.45, 7) is 13.0. The number of para-hydroxylation sites is 1. The van der Waals surface area contributed by atoms with E-state index in [4.69, 9.17) is 9.98 Å². The van der Waals surface area contributed by atoms with Gasteiger partial charge in [0.15, 0.2) is 0 Å². The molecule has 0 fully saturated rings. The van der Waals surface area contributed by atoms with Crippen LogP contribution < -0.4 is 5.32 Å². The second-order valence-corrected chi connectivity index (χ2v) is 7.99. The van der Waals surface area contributed by atoms with E-state index in [-0.39, 0.29) is 6.04 Å². The Morgan fingerprint density at radius 3 is 1.65 bits per heavy atom. The molecule has 0 heterocycles. The largest absolute Gasteiger partial charge is 0.349 e. The first kappa shape index (κ1) is 22.0. The van der Waals surface area contributed by atoms with Crippen LogP contribution in [0, 0.1) is 0 Å². The molecule has 5 nitrogen and oxygen atoms in total. The first-order valence-electron chi connectivity index (χ1n) is 9.45. The topological polar surface area (TPSA) is 43.2 Å². The van der Waals surface area contributed by atoms with Crippen molar-refractivity contribution in [3.8, 4) is 0 Å². The maximum atomic E-state index is 4.82. The lowest BCUT2D eigenvalue weighted by molar-refractivity contribution is 0.485. The fourth-order valence-corrected chi connectivity index (χ4v) is 2.84. The molecule has 0 radical (unpaired) electrons. The molecule has 1 aromatic carbocycles. The van der Waals surface area contributed by atoms with Gasteiger partial charge in [-0.3, -0.25) is 0 Å². The zero-order valence-corrected chi connectivity index (χ0v) is 18.3. The molecule has 1 rings (SSSR count). The number of guanidine groups is 2. The van der Waals surface area contributed by atoms with E-state index in [1.807, 2.05) is 38.0 Å². The molecule has 0 spiro atoms. The standard InChI is InChI=1S/C21H37N5/c1-14(2)17-12-11-13-18(15(3)4)19(17)23-20(22-16(5)6)24-21(25(7)8)26(9)10/h11-16H,1-10H3,(H,22,23). The van der Waals surface area contributed by atoms with E-state index >= 15 is 0 Å². The van der Waals surface area contributed by atoms with Crippen molar-refractivity contribution in [2.75, 3.05) is 33.5 Å². The molecule has 0 amide bonds. The minimum atomic E-state index is 0.153. The van der Waals surface area contributed by atoms with Crippen molar-refractivity contribution in [2.24, 2.45) is 9.98 Å². The summed E-state index contributed by atoms with van der Waals surface area (Å²) in [5, 5.41) is 3.56. The van der Waals surface area contributed by atoms with Gasteiger partial charge in [0.2, 0.25) is 11.9 Å². The third-order valence-corrected chi connectivity index (χ3v) is 4.00. The van der Waals surface area contributed by atoms with E-state index in [0.717, 1.165) is 11.6 Å². The van der Waals surface area contributed by atoms with Gasteiger partial charge in [0, 0.05) is 39.9 Å². The molecule has 0 aliphatic heterocycles. The molecule has 0 atom stereocenters. The molecule has 146 valence electrons. The lowest BCUT2D eigenvalue weighted by Gasteiger charge is -2.24. The van der Waals surface area contributed by atoms with Crippen molar-refractivity contribution in [1.29, 1.82) is 0 Å². The van der Waals surface area contributed by atoms with Crippen molar-refractivity contribution in [2.45, 2.75) is 59.4 Å². The minimum absolute atomic E-state index is 0.153. The highest BCUT2D eigenvalue weighted by atomic mass is 15.4. The first-order chi connectivity index (χ1) is 12.0. The second-order valence-electron chi connectivity index (χ2n) is 7.99. The number of nitrogens with zero attached hydrogens (tertiary/aromatic N) is 4. The van der Waals surface area contributed by atoms with Crippen LogP contribution in [0.1, 0.15) is 64.5 Å². The predicted octanol–water partition coefficient (Wildman–Crippen LogP) is 4.59. The van der Waals surface area contributed by atoms with Gasteiger partial charge in [-0.05, 0) is 36.8 Å². The van der Waals surface area contributed by atoms with Crippen molar-refractivity contribution in [1.82, 2.24) is 9.80 Å². The van der Waals surface area contributed by atoms with Gasteiger partial charge >= 0.3 is 0 Å². The van der Waals surface area contributed by atoms with Crippen LogP contribution in [0.15, 0.2) is 28.2 Å². The summed E-state index contributed by atoms with van der Waals surface area (Å²) in [4.78, 5) is 13.6. The molecule has 0 aromatic heterocycles. The van der Waals surface area contributed by atoms with Crippen LogP contribution in [0.25, 0.3) is 0 Å². The summed E-state index contributed by atoms with van der Waals surface area (Å²) in [6.07, 6.45) is 0. The van der Waals surface area contributed by atoms with Crippen LogP contribution in [-0.4, -0.2) is 56.0 Å². The molecule has 26 heavy (non-hydrogen) atoms. The Hall–Kier alpha value is -2.04. The van der Waals surface area contributed by atoms with Gasteiger partial charge in [0.1, 0.15) is 0 Å². The Kier molecular flexibility index (Phi) is 8.12. The molecule has 1 aromatic rings. The number of benzene rings is 1. The molecular weight excluding hydrogens is 322 g/mol. The molecule has 0 saturated carbocycles. The van der Waals surface area contributed by atoms with E-state index in [2.05, 4.69) is 65.1 Å². The normalized spacial score (nSPS) is 12.0. The summed E-state index contributed by atoms with van der Waals surface area (Å²) >= 11 is 0. The molecule has 0 bridgehead atoms. The summed E-state index contributed by atoms with van der Waals surface area (Å²) in [7, 11) is 7.97. The van der Waals surface area contributed by atoms with Crippen LogP contribution in [0.5, 0.6) is 0 Å². The average molecular weight is 360 g/mol. The van der Waals surface area contributed by atoms with Gasteiger partial charge in [0.05, 0.1) is 0 Å². The van der Waals surface area contributed by atoms with Crippen molar-refractivity contribution >= 4 is 17.6 Å². The number of anilines is 1. The fraction of sp³-hybridized carbons (Fsp3) is 0.619. The molecule has 0 saturated heterocycles. The third-order valence-electron chi connectivity index (χ3n) is 4.00. The van der Waals surface area contributed by atoms with Crippen molar-refractivity contribution in [3.63, 3.8) is 0 Å². The number of nitrogens with one attached hydrogen (secondary N) is 1. The lowest BCUT2D eigenvalue weighted by atomic mass is 9.93. The van der Waals surface area contributed by atoms with Gasteiger partial charge in [-0.25, -0.2) is 4.99 Å². The zero-order valence-electron chi connectivity index (χ0n) is 18.3. The van der Waals surface area contributed by atoms with Gasteiger partial charge in [0.25, 0.3) is 0 Å². The third kappa shape index (κ3) is 6.04. The zero-order chi connectivity index (χ0) is 20.0. The van der Waals surface area contributed by atoms with E-state index in [0.29, 0.717) is 17.8 Å². The second kappa shape index (κ2) is 9.60. The van der Waals surface area contributed by atoms with Gasteiger partial charge in [-0.2, -0.15) is 4.99 Å². The van der Waals surface area contributed by atoms with Crippen LogP contribution >= 0.6 is 0 Å². The monoisotopic (exact) mass is 359 g/mol. The Morgan fingerprint density at radius 2 is 1.31 bits per heavy atom. The molecule has 1 N–H and O–H groups in total. The summed E-state index contributed by atoms with van der Waals surface area (Å²) in [5.74, 6) is 2.34. The highest BCUT2D eigenvalue weighted by Gasteiger charge is 2.16. The SMILES string of the molecule is CC(C)N=C(N=C(N(C)C)N(C)C)Nc1c(C(C)C)cccc1C(C)C. The molecule has 0 aliphatic carbocycles. The van der Waals surface area contributed by atoms with Gasteiger partial charge < -0.3 is 15.1 Å². The van der Waals surface area contributed by atoms with E-state index in [1.165, 1.54) is 11.1 Å². The Morgan fingerprint density at radius 1 is 0.846 bits per heavy atom. The predicted molar refractivity (Wildman–Crippen MR) is 116 cm³/mol. The number of rotatable bonds is 4. The lowest BCUT2D eigenvalue weighted by Crippen LogP contribution is -2.37. The maximum absolute atomic E-state index is 4.82. The molecule has 5 heteroatoms. The highest BCUT2D eigenvalue weighted by Crippen LogP contribution is 2.32. The van der Waals surface area contributed by atoms with E-state index < -0.39 is 0 Å². The van der Waals surface area contributed by atoms with Crippen molar-refractivity contribution in [3.05, 3.63) is 29.3 Å². The Balaban J connectivity index is 3.48. The molecular formula is C21H37N5. The van der Waals surface area contributed by atoms with Gasteiger partial charge in [-0.1, -0.05) is 45.9 Å². The number of aliphatic imine (C=N–C) groups is 2. The van der Waals surface area contributed by atoms with Crippen LogP contribution in [-0.2, 0) is 0 Å². The van der Waals surface area contributed by atoms with Crippen LogP contribution in [0.2, 0.25) is 0 Å².